The van der Waals surface area contributed by atoms with Crippen molar-refractivity contribution in [2.45, 2.75) is 31.7 Å². The van der Waals surface area contributed by atoms with Crippen molar-refractivity contribution < 1.29 is 4.74 Å². The molecule has 0 amide bonds. The largest absolute Gasteiger partial charge is 0.380 e. The minimum atomic E-state index is -0.0597. The highest BCUT2D eigenvalue weighted by atomic mass is 16.5. The molecule has 0 unspecified atom stereocenters. The summed E-state index contributed by atoms with van der Waals surface area (Å²) in [5, 5.41) is 0. The third-order valence-electron chi connectivity index (χ3n) is 4.71. The van der Waals surface area contributed by atoms with Crippen molar-refractivity contribution in [3.05, 3.63) is 51.9 Å². The summed E-state index contributed by atoms with van der Waals surface area (Å²) in [5.74, 6) is 1.16. The zero-order valence-corrected chi connectivity index (χ0v) is 13.8. The predicted octanol–water partition coefficient (Wildman–Crippen LogP) is 2.54. The van der Waals surface area contributed by atoms with Crippen molar-refractivity contribution in [1.82, 2.24) is 14.9 Å². The van der Waals surface area contributed by atoms with Crippen LogP contribution in [0, 0.1) is 0 Å². The Morgan fingerprint density at radius 1 is 1.17 bits per heavy atom. The Morgan fingerprint density at radius 2 is 2.00 bits per heavy atom. The molecule has 5 heteroatoms. The second-order valence-electron chi connectivity index (χ2n) is 6.73. The number of aromatic nitrogens is 2. The number of nitrogens with zero attached hydrogens (tertiary/aromatic N) is 2. The van der Waals surface area contributed by atoms with E-state index in [9.17, 15) is 4.79 Å². The first-order valence-electron chi connectivity index (χ1n) is 8.78. The SMILES string of the molecule is O=c1cc(C2CC2)nc(-c2ccc(CN3CCCOCC3)cc2)[nH]1. The molecule has 1 saturated carbocycles. The van der Waals surface area contributed by atoms with Crippen molar-refractivity contribution in [2.24, 2.45) is 0 Å². The summed E-state index contributed by atoms with van der Waals surface area (Å²) in [6.07, 6.45) is 3.39. The lowest BCUT2D eigenvalue weighted by Crippen LogP contribution is -2.25. The van der Waals surface area contributed by atoms with Gasteiger partial charge in [0.25, 0.3) is 5.56 Å². The molecule has 2 aromatic rings. The molecule has 2 heterocycles. The fraction of sp³-hybridized carbons (Fsp3) is 0.474. The molecular formula is C19H23N3O2. The number of aromatic amines is 1. The molecule has 0 spiro atoms. The molecule has 5 nitrogen and oxygen atoms in total. The van der Waals surface area contributed by atoms with Gasteiger partial charge in [-0.05, 0) is 24.8 Å². The third-order valence-corrected chi connectivity index (χ3v) is 4.71. The van der Waals surface area contributed by atoms with E-state index in [1.807, 2.05) is 0 Å². The van der Waals surface area contributed by atoms with Crippen molar-refractivity contribution in [3.63, 3.8) is 0 Å². The van der Waals surface area contributed by atoms with Crippen LogP contribution in [0.3, 0.4) is 0 Å². The van der Waals surface area contributed by atoms with E-state index in [0.29, 0.717) is 11.7 Å². The van der Waals surface area contributed by atoms with E-state index in [-0.39, 0.29) is 5.56 Å². The molecule has 0 radical (unpaired) electrons. The number of ether oxygens (including phenoxy) is 1. The van der Waals surface area contributed by atoms with Gasteiger partial charge >= 0.3 is 0 Å². The van der Waals surface area contributed by atoms with Crippen molar-refractivity contribution >= 4 is 0 Å². The lowest BCUT2D eigenvalue weighted by molar-refractivity contribution is 0.140. The molecule has 1 aromatic carbocycles. The van der Waals surface area contributed by atoms with Crippen LogP contribution in [0.4, 0.5) is 0 Å². The smallest absolute Gasteiger partial charge is 0.251 e. The zero-order chi connectivity index (χ0) is 16.4. The second-order valence-corrected chi connectivity index (χ2v) is 6.73. The number of rotatable bonds is 4. The second kappa shape index (κ2) is 6.87. The highest BCUT2D eigenvalue weighted by Gasteiger charge is 2.25. The Labute approximate surface area is 141 Å². The number of hydrogen-bond acceptors (Lipinski definition) is 4. The molecule has 0 bridgehead atoms. The van der Waals surface area contributed by atoms with Gasteiger partial charge in [-0.25, -0.2) is 4.98 Å². The molecule has 2 aliphatic rings. The van der Waals surface area contributed by atoms with Gasteiger partial charge < -0.3 is 9.72 Å². The number of H-pyrrole nitrogens is 1. The molecule has 1 saturated heterocycles. The van der Waals surface area contributed by atoms with Crippen molar-refractivity contribution in [1.29, 1.82) is 0 Å². The van der Waals surface area contributed by atoms with E-state index in [1.54, 1.807) is 6.07 Å². The Balaban J connectivity index is 1.50. The van der Waals surface area contributed by atoms with Crippen LogP contribution in [0.25, 0.3) is 11.4 Å². The van der Waals surface area contributed by atoms with Gasteiger partial charge in [-0.2, -0.15) is 0 Å². The Hall–Kier alpha value is -1.98. The molecule has 1 aromatic heterocycles. The summed E-state index contributed by atoms with van der Waals surface area (Å²) >= 11 is 0. The standard InChI is InChI=1S/C19H23N3O2/c23-18-12-17(15-6-7-15)20-19(21-18)16-4-2-14(3-5-16)13-22-8-1-10-24-11-9-22/h2-5,12,15H,1,6-11,13H2,(H,20,21,23). The quantitative estimate of drug-likeness (QED) is 0.938. The molecule has 2 fully saturated rings. The number of hydrogen-bond donors (Lipinski definition) is 1. The maximum Gasteiger partial charge on any atom is 0.251 e. The van der Waals surface area contributed by atoms with E-state index in [0.717, 1.165) is 63.4 Å². The maximum atomic E-state index is 11.9. The van der Waals surface area contributed by atoms with Gasteiger partial charge in [0.15, 0.2) is 0 Å². The summed E-state index contributed by atoms with van der Waals surface area (Å²) in [7, 11) is 0. The van der Waals surface area contributed by atoms with Crippen molar-refractivity contribution in [2.75, 3.05) is 26.3 Å². The normalized spacial score (nSPS) is 19.2. The Bertz CT molecular complexity index is 742. The van der Waals surface area contributed by atoms with E-state index < -0.39 is 0 Å². The van der Waals surface area contributed by atoms with Crippen LogP contribution in [0.5, 0.6) is 0 Å². The highest BCUT2D eigenvalue weighted by Crippen LogP contribution is 2.38. The fourth-order valence-corrected chi connectivity index (χ4v) is 3.18. The molecule has 1 N–H and O–H groups in total. The van der Waals surface area contributed by atoms with Gasteiger partial charge in [-0.3, -0.25) is 9.69 Å². The molecule has 1 aliphatic carbocycles. The summed E-state index contributed by atoms with van der Waals surface area (Å²) in [6, 6.07) is 10.0. The average Bonchev–Trinajstić information content (AvgIpc) is 3.43. The lowest BCUT2D eigenvalue weighted by Gasteiger charge is -2.19. The van der Waals surface area contributed by atoms with E-state index in [1.165, 1.54) is 5.56 Å². The number of benzene rings is 1. The molecular weight excluding hydrogens is 302 g/mol. The van der Waals surface area contributed by atoms with Gasteiger partial charge in [0.05, 0.1) is 12.3 Å². The summed E-state index contributed by atoms with van der Waals surface area (Å²) < 4.78 is 5.50. The molecule has 0 atom stereocenters. The topological polar surface area (TPSA) is 58.2 Å². The van der Waals surface area contributed by atoms with E-state index in [2.05, 4.69) is 39.1 Å². The van der Waals surface area contributed by atoms with E-state index in [4.69, 9.17) is 4.74 Å². The number of nitrogens with one attached hydrogen (secondary N) is 1. The van der Waals surface area contributed by atoms with Crippen LogP contribution >= 0.6 is 0 Å². The van der Waals surface area contributed by atoms with Crippen LogP contribution in [-0.2, 0) is 11.3 Å². The third kappa shape index (κ3) is 3.74. The van der Waals surface area contributed by atoms with E-state index >= 15 is 0 Å². The van der Waals surface area contributed by atoms with Gasteiger partial charge in [-0.1, -0.05) is 24.3 Å². The zero-order valence-electron chi connectivity index (χ0n) is 13.8. The monoisotopic (exact) mass is 325 g/mol. The van der Waals surface area contributed by atoms with Crippen LogP contribution in [0.2, 0.25) is 0 Å². The molecule has 24 heavy (non-hydrogen) atoms. The lowest BCUT2D eigenvalue weighted by atomic mass is 10.1. The van der Waals surface area contributed by atoms with Crippen molar-refractivity contribution in [3.8, 4) is 11.4 Å². The minimum absolute atomic E-state index is 0.0597. The molecule has 126 valence electrons. The predicted molar refractivity (Wildman–Crippen MR) is 93.0 cm³/mol. The molecule has 4 rings (SSSR count). The highest BCUT2D eigenvalue weighted by molar-refractivity contribution is 5.55. The van der Waals surface area contributed by atoms with Crippen LogP contribution in [0.1, 0.15) is 36.4 Å². The summed E-state index contributed by atoms with van der Waals surface area (Å²) in [4.78, 5) is 21.8. The van der Waals surface area contributed by atoms with Crippen LogP contribution < -0.4 is 5.56 Å². The van der Waals surface area contributed by atoms with Gasteiger partial charge in [0.1, 0.15) is 5.82 Å². The van der Waals surface area contributed by atoms with Crippen LogP contribution in [0.15, 0.2) is 35.1 Å². The average molecular weight is 325 g/mol. The van der Waals surface area contributed by atoms with Gasteiger partial charge in [-0.15, -0.1) is 0 Å². The van der Waals surface area contributed by atoms with Gasteiger partial charge in [0, 0.05) is 43.8 Å². The Kier molecular flexibility index (Phi) is 4.45. The molecule has 1 aliphatic heterocycles. The van der Waals surface area contributed by atoms with Crippen LogP contribution in [-0.4, -0.2) is 41.2 Å². The summed E-state index contributed by atoms with van der Waals surface area (Å²) in [6.45, 7) is 4.69. The minimum Gasteiger partial charge on any atom is -0.380 e. The first-order valence-corrected chi connectivity index (χ1v) is 8.78. The fourth-order valence-electron chi connectivity index (χ4n) is 3.18. The first-order chi connectivity index (χ1) is 11.8. The first kappa shape index (κ1) is 15.5. The summed E-state index contributed by atoms with van der Waals surface area (Å²) in [5.41, 5.74) is 3.12. The van der Waals surface area contributed by atoms with Gasteiger partial charge in [0.2, 0.25) is 0 Å². The maximum absolute atomic E-state index is 11.9. The Morgan fingerprint density at radius 3 is 2.79 bits per heavy atom.